The van der Waals surface area contributed by atoms with Crippen molar-refractivity contribution in [3.8, 4) is 0 Å². The van der Waals surface area contributed by atoms with Crippen molar-refractivity contribution in [2.45, 2.75) is 32.6 Å². The van der Waals surface area contributed by atoms with E-state index in [1.165, 1.54) is 6.08 Å². The lowest BCUT2D eigenvalue weighted by Gasteiger charge is -2.15. The summed E-state index contributed by atoms with van der Waals surface area (Å²) in [5, 5.41) is 6.47. The first-order valence-electron chi connectivity index (χ1n) is 9.76. The fraction of sp³-hybridized carbons (Fsp3) is 0.208. The largest absolute Gasteiger partial charge is 0.362 e. The second-order valence-electron chi connectivity index (χ2n) is 6.90. The molecule has 3 rings (SSSR count). The lowest BCUT2D eigenvalue weighted by molar-refractivity contribution is -0.116. The molecule has 0 amide bonds. The van der Waals surface area contributed by atoms with Crippen LogP contribution in [0.1, 0.15) is 42.1 Å². The summed E-state index contributed by atoms with van der Waals surface area (Å²) >= 11 is 0. The summed E-state index contributed by atoms with van der Waals surface area (Å²) in [7, 11) is 0. The van der Waals surface area contributed by atoms with Gasteiger partial charge in [-0.1, -0.05) is 30.4 Å². The summed E-state index contributed by atoms with van der Waals surface area (Å²) in [5.74, 6) is -0.0567. The van der Waals surface area contributed by atoms with Gasteiger partial charge in [0.25, 0.3) is 0 Å². The summed E-state index contributed by atoms with van der Waals surface area (Å²) in [4.78, 5) is 28.6. The Labute approximate surface area is 171 Å². The van der Waals surface area contributed by atoms with Crippen molar-refractivity contribution in [2.75, 3.05) is 5.32 Å². The molecule has 1 aromatic heterocycles. The molecular weight excluding hydrogens is 362 g/mol. The summed E-state index contributed by atoms with van der Waals surface area (Å²) in [5.41, 5.74) is 3.86. The molecule has 0 fully saturated rings. The molecular formula is C24H25N3O2. The Morgan fingerprint density at radius 3 is 2.69 bits per heavy atom. The standard InChI is InChI=1S/C24H25N3O2/c1-18(28)12-13-19-16-25-17-22(24(19)27-21-10-6-3-7-11-21)23(29)14-15-26-20-8-4-2-5-9-20/h3-4,6-11,14-17,26H,2,5,12-13H2,1H3,(H,25,27)/b15-14+. The van der Waals surface area contributed by atoms with Gasteiger partial charge in [-0.3, -0.25) is 9.78 Å². The van der Waals surface area contributed by atoms with Gasteiger partial charge in [0.1, 0.15) is 5.78 Å². The van der Waals surface area contributed by atoms with Gasteiger partial charge in [0.2, 0.25) is 0 Å². The Balaban J connectivity index is 1.84. The van der Waals surface area contributed by atoms with Crippen molar-refractivity contribution < 1.29 is 9.59 Å². The minimum absolute atomic E-state index is 0.102. The number of para-hydroxylation sites is 1. The number of anilines is 2. The highest BCUT2D eigenvalue weighted by Crippen LogP contribution is 2.26. The number of pyridine rings is 1. The number of Topliss-reactive ketones (excluding diaryl/α,β-unsaturated/α-hetero) is 1. The predicted octanol–water partition coefficient (Wildman–Crippen LogP) is 4.87. The van der Waals surface area contributed by atoms with Gasteiger partial charge in [-0.15, -0.1) is 0 Å². The number of hydrogen-bond acceptors (Lipinski definition) is 5. The molecule has 0 saturated heterocycles. The maximum absolute atomic E-state index is 12.9. The van der Waals surface area contributed by atoms with Crippen LogP contribution in [0.3, 0.4) is 0 Å². The molecule has 1 heterocycles. The molecule has 0 unspecified atom stereocenters. The number of nitrogens with zero attached hydrogens (tertiary/aromatic N) is 1. The van der Waals surface area contributed by atoms with Crippen LogP contribution in [0.15, 0.2) is 78.9 Å². The quantitative estimate of drug-likeness (QED) is 0.475. The van der Waals surface area contributed by atoms with E-state index in [1.807, 2.05) is 36.4 Å². The van der Waals surface area contributed by atoms with Crippen LogP contribution in [0.25, 0.3) is 0 Å². The Hall–Kier alpha value is -3.47. The lowest BCUT2D eigenvalue weighted by Crippen LogP contribution is -2.09. The van der Waals surface area contributed by atoms with Crippen molar-refractivity contribution in [3.63, 3.8) is 0 Å². The van der Waals surface area contributed by atoms with E-state index in [-0.39, 0.29) is 11.6 Å². The van der Waals surface area contributed by atoms with E-state index in [0.29, 0.717) is 24.1 Å². The maximum Gasteiger partial charge on any atom is 0.190 e. The van der Waals surface area contributed by atoms with Gasteiger partial charge < -0.3 is 15.4 Å². The Morgan fingerprint density at radius 1 is 1.14 bits per heavy atom. The number of hydrogen-bond donors (Lipinski definition) is 2. The van der Waals surface area contributed by atoms with Crippen LogP contribution < -0.4 is 10.6 Å². The van der Waals surface area contributed by atoms with Gasteiger partial charge in [-0.25, -0.2) is 0 Å². The highest BCUT2D eigenvalue weighted by atomic mass is 16.1. The number of carbonyl (C=O) groups excluding carboxylic acids is 2. The van der Waals surface area contributed by atoms with Gasteiger partial charge in [0.05, 0.1) is 11.3 Å². The maximum atomic E-state index is 12.9. The molecule has 1 aliphatic carbocycles. The highest BCUT2D eigenvalue weighted by Gasteiger charge is 2.15. The van der Waals surface area contributed by atoms with Crippen LogP contribution in [-0.4, -0.2) is 16.6 Å². The van der Waals surface area contributed by atoms with E-state index >= 15 is 0 Å². The van der Waals surface area contributed by atoms with Crippen LogP contribution in [-0.2, 0) is 11.2 Å². The molecule has 0 bridgehead atoms. The molecule has 5 heteroatoms. The smallest absolute Gasteiger partial charge is 0.190 e. The monoisotopic (exact) mass is 387 g/mol. The number of allylic oxidation sites excluding steroid dienone is 4. The average molecular weight is 387 g/mol. The predicted molar refractivity (Wildman–Crippen MR) is 116 cm³/mol. The first-order valence-corrected chi connectivity index (χ1v) is 9.76. The van der Waals surface area contributed by atoms with E-state index < -0.39 is 0 Å². The summed E-state index contributed by atoms with van der Waals surface area (Å²) in [6.07, 6.45) is 15.6. The van der Waals surface area contributed by atoms with Crippen LogP contribution in [0.2, 0.25) is 0 Å². The summed E-state index contributed by atoms with van der Waals surface area (Å²) in [6, 6.07) is 9.65. The number of carbonyl (C=O) groups is 2. The first-order chi connectivity index (χ1) is 14.1. The van der Waals surface area contributed by atoms with Crippen molar-refractivity contribution in [2.24, 2.45) is 0 Å². The number of benzene rings is 1. The second kappa shape index (κ2) is 10.2. The number of nitrogens with one attached hydrogen (secondary N) is 2. The molecule has 1 aromatic carbocycles. The fourth-order valence-corrected chi connectivity index (χ4v) is 3.03. The summed E-state index contributed by atoms with van der Waals surface area (Å²) in [6.45, 7) is 1.57. The number of ketones is 2. The Morgan fingerprint density at radius 2 is 1.97 bits per heavy atom. The van der Waals surface area contributed by atoms with Crippen LogP contribution in [0.4, 0.5) is 11.4 Å². The molecule has 0 radical (unpaired) electrons. The van der Waals surface area contributed by atoms with Crippen molar-refractivity contribution in [1.29, 1.82) is 0 Å². The normalized spacial score (nSPS) is 13.2. The lowest BCUT2D eigenvalue weighted by atomic mass is 10.0. The van der Waals surface area contributed by atoms with Gasteiger partial charge in [-0.05, 0) is 50.0 Å². The van der Waals surface area contributed by atoms with Crippen molar-refractivity contribution in [3.05, 3.63) is 90.1 Å². The SMILES string of the molecule is CC(=O)CCc1cncc(C(=O)/C=C/NC2=CCCC=C2)c1Nc1ccccc1. The fourth-order valence-electron chi connectivity index (χ4n) is 3.03. The third-order valence-corrected chi connectivity index (χ3v) is 4.56. The number of rotatable bonds is 9. The molecule has 0 spiro atoms. The van der Waals surface area contributed by atoms with Gasteiger partial charge in [-0.2, -0.15) is 0 Å². The average Bonchev–Trinajstić information content (AvgIpc) is 2.74. The second-order valence-corrected chi connectivity index (χ2v) is 6.90. The summed E-state index contributed by atoms with van der Waals surface area (Å²) < 4.78 is 0. The van der Waals surface area contributed by atoms with E-state index in [4.69, 9.17) is 0 Å². The zero-order valence-electron chi connectivity index (χ0n) is 16.5. The van der Waals surface area contributed by atoms with Crippen molar-refractivity contribution >= 4 is 22.9 Å². The van der Waals surface area contributed by atoms with Crippen LogP contribution >= 0.6 is 0 Å². The van der Waals surface area contributed by atoms with Gasteiger partial charge in [0.15, 0.2) is 5.78 Å². The first kappa shape index (κ1) is 20.3. The topological polar surface area (TPSA) is 71.1 Å². The van der Waals surface area contributed by atoms with Crippen LogP contribution in [0, 0.1) is 0 Å². The molecule has 2 N–H and O–H groups in total. The van der Waals surface area contributed by atoms with Crippen molar-refractivity contribution in [1.82, 2.24) is 10.3 Å². The van der Waals surface area contributed by atoms with E-state index in [0.717, 1.165) is 29.8 Å². The molecule has 0 saturated carbocycles. The van der Waals surface area contributed by atoms with E-state index in [9.17, 15) is 9.59 Å². The van der Waals surface area contributed by atoms with Gasteiger partial charge >= 0.3 is 0 Å². The zero-order chi connectivity index (χ0) is 20.5. The Kier molecular flexibility index (Phi) is 7.11. The highest BCUT2D eigenvalue weighted by molar-refractivity contribution is 6.09. The molecule has 2 aromatic rings. The molecule has 29 heavy (non-hydrogen) atoms. The van der Waals surface area contributed by atoms with E-state index in [2.05, 4.69) is 27.8 Å². The molecule has 0 atom stereocenters. The number of aryl methyl sites for hydroxylation is 1. The molecule has 5 nitrogen and oxygen atoms in total. The zero-order valence-corrected chi connectivity index (χ0v) is 16.5. The van der Waals surface area contributed by atoms with Crippen LogP contribution in [0.5, 0.6) is 0 Å². The molecule has 148 valence electrons. The Bertz CT molecular complexity index is 959. The minimum atomic E-state index is -0.159. The third-order valence-electron chi connectivity index (χ3n) is 4.56. The minimum Gasteiger partial charge on any atom is -0.362 e. The molecule has 1 aliphatic rings. The number of aromatic nitrogens is 1. The van der Waals surface area contributed by atoms with Gasteiger partial charge in [0, 0.05) is 42.5 Å². The van der Waals surface area contributed by atoms with E-state index in [1.54, 1.807) is 25.5 Å². The molecule has 0 aliphatic heterocycles. The third kappa shape index (κ3) is 6.01.